The van der Waals surface area contributed by atoms with E-state index in [2.05, 4.69) is 13.8 Å². The summed E-state index contributed by atoms with van der Waals surface area (Å²) in [6, 6.07) is 11.4. The van der Waals surface area contributed by atoms with Gasteiger partial charge in [-0.2, -0.15) is 0 Å². The summed E-state index contributed by atoms with van der Waals surface area (Å²) < 4.78 is 0. The van der Waals surface area contributed by atoms with E-state index in [1.807, 2.05) is 36.4 Å². The smallest absolute Gasteiger partial charge is 0.261 e. The van der Waals surface area contributed by atoms with E-state index in [0.717, 1.165) is 23.6 Å². The van der Waals surface area contributed by atoms with Crippen LogP contribution in [0.25, 0.3) is 10.8 Å². The van der Waals surface area contributed by atoms with Gasteiger partial charge in [0.1, 0.15) is 0 Å². The number of hydrogen-bond donors (Lipinski definition) is 0. The molecule has 1 aliphatic carbocycles. The summed E-state index contributed by atoms with van der Waals surface area (Å²) in [5.41, 5.74) is 1.34. The Labute approximate surface area is 136 Å². The predicted octanol–water partition coefficient (Wildman–Crippen LogP) is 4.26. The second kappa shape index (κ2) is 5.19. The number of nitrogens with zero attached hydrogens (tertiary/aromatic N) is 1. The maximum absolute atomic E-state index is 13.1. The highest BCUT2D eigenvalue weighted by Crippen LogP contribution is 2.38. The molecule has 4 rings (SSSR count). The van der Waals surface area contributed by atoms with Crippen LogP contribution in [-0.2, 0) is 0 Å². The van der Waals surface area contributed by atoms with Crippen molar-refractivity contribution in [2.75, 3.05) is 0 Å². The zero-order valence-electron chi connectivity index (χ0n) is 13.6. The van der Waals surface area contributed by atoms with E-state index in [4.69, 9.17) is 0 Å². The molecule has 2 aromatic carbocycles. The third-order valence-electron chi connectivity index (χ3n) is 5.80. The number of carbonyl (C=O) groups is 2. The minimum atomic E-state index is -0.120. The Morgan fingerprint density at radius 2 is 1.52 bits per heavy atom. The molecule has 118 valence electrons. The SMILES string of the molecule is CC1CCCC(N2C(=O)c3cccc4cccc(c34)C2=O)C1C. The fourth-order valence-electron chi connectivity index (χ4n) is 4.27. The van der Waals surface area contributed by atoms with Gasteiger partial charge in [0.05, 0.1) is 0 Å². The maximum Gasteiger partial charge on any atom is 0.261 e. The lowest BCUT2D eigenvalue weighted by atomic mass is 9.76. The van der Waals surface area contributed by atoms with Crippen LogP contribution < -0.4 is 0 Å². The van der Waals surface area contributed by atoms with Crippen LogP contribution in [0.2, 0.25) is 0 Å². The molecule has 0 radical (unpaired) electrons. The molecule has 2 aromatic rings. The van der Waals surface area contributed by atoms with Crippen molar-refractivity contribution >= 4 is 22.6 Å². The van der Waals surface area contributed by atoms with Crippen molar-refractivity contribution in [1.82, 2.24) is 4.90 Å². The monoisotopic (exact) mass is 307 g/mol. The van der Waals surface area contributed by atoms with Gasteiger partial charge in [0.2, 0.25) is 0 Å². The summed E-state index contributed by atoms with van der Waals surface area (Å²) in [5.74, 6) is 0.652. The molecular weight excluding hydrogens is 286 g/mol. The van der Waals surface area contributed by atoms with Crippen LogP contribution in [0.1, 0.15) is 53.8 Å². The van der Waals surface area contributed by atoms with Crippen molar-refractivity contribution < 1.29 is 9.59 Å². The average Bonchev–Trinajstić information content (AvgIpc) is 2.56. The Kier molecular flexibility index (Phi) is 3.26. The van der Waals surface area contributed by atoms with Gasteiger partial charge in [-0.1, -0.05) is 51.0 Å². The first-order chi connectivity index (χ1) is 11.1. The molecule has 3 heteroatoms. The Morgan fingerprint density at radius 1 is 0.913 bits per heavy atom. The van der Waals surface area contributed by atoms with E-state index in [0.29, 0.717) is 23.0 Å². The molecule has 1 saturated carbocycles. The lowest BCUT2D eigenvalue weighted by Crippen LogP contribution is -2.51. The summed E-state index contributed by atoms with van der Waals surface area (Å²) in [6.45, 7) is 4.40. The van der Waals surface area contributed by atoms with Crippen LogP contribution in [0.15, 0.2) is 36.4 Å². The quantitative estimate of drug-likeness (QED) is 0.738. The lowest BCUT2D eigenvalue weighted by molar-refractivity contribution is 0.0385. The molecule has 1 aliphatic heterocycles. The molecule has 23 heavy (non-hydrogen) atoms. The maximum atomic E-state index is 13.1. The van der Waals surface area contributed by atoms with Crippen LogP contribution in [0.5, 0.6) is 0 Å². The van der Waals surface area contributed by atoms with Gasteiger partial charge >= 0.3 is 0 Å². The molecule has 3 unspecified atom stereocenters. The number of carbonyl (C=O) groups excluding carboxylic acids is 2. The number of hydrogen-bond acceptors (Lipinski definition) is 2. The fourth-order valence-corrected chi connectivity index (χ4v) is 4.27. The third kappa shape index (κ3) is 2.03. The van der Waals surface area contributed by atoms with E-state index in [1.165, 1.54) is 6.42 Å². The highest BCUT2D eigenvalue weighted by molar-refractivity contribution is 6.25. The second-order valence-corrected chi connectivity index (χ2v) is 7.02. The largest absolute Gasteiger partial charge is 0.271 e. The van der Waals surface area contributed by atoms with E-state index < -0.39 is 0 Å². The minimum absolute atomic E-state index is 0.0161. The molecule has 1 heterocycles. The topological polar surface area (TPSA) is 37.4 Å². The minimum Gasteiger partial charge on any atom is -0.271 e. The summed E-state index contributed by atoms with van der Waals surface area (Å²) in [6.07, 6.45) is 3.18. The van der Waals surface area contributed by atoms with E-state index in [1.54, 1.807) is 4.90 Å². The zero-order valence-corrected chi connectivity index (χ0v) is 13.6. The highest BCUT2D eigenvalue weighted by atomic mass is 16.2. The summed E-state index contributed by atoms with van der Waals surface area (Å²) in [4.78, 5) is 27.7. The number of benzene rings is 2. The molecule has 0 spiro atoms. The Balaban J connectivity index is 1.86. The summed E-state index contributed by atoms with van der Waals surface area (Å²) in [5, 5.41) is 1.78. The standard InChI is InChI=1S/C20H21NO2/c1-12-6-3-11-17(13(12)2)21-19(22)15-9-4-7-14-8-5-10-16(18(14)15)20(21)23/h4-5,7-10,12-13,17H,3,6,11H2,1-2H3. The lowest BCUT2D eigenvalue weighted by Gasteiger charge is -2.42. The predicted molar refractivity (Wildman–Crippen MR) is 90.4 cm³/mol. The molecule has 3 nitrogen and oxygen atoms in total. The number of imide groups is 1. The number of amides is 2. The molecule has 1 fully saturated rings. The third-order valence-corrected chi connectivity index (χ3v) is 5.80. The van der Waals surface area contributed by atoms with Gasteiger partial charge in [-0.05, 0) is 35.8 Å². The summed E-state index contributed by atoms with van der Waals surface area (Å²) in [7, 11) is 0. The van der Waals surface area contributed by atoms with Crippen LogP contribution in [-0.4, -0.2) is 22.8 Å². The van der Waals surface area contributed by atoms with Gasteiger partial charge in [0.25, 0.3) is 11.8 Å². The fraction of sp³-hybridized carbons (Fsp3) is 0.400. The van der Waals surface area contributed by atoms with Crippen molar-refractivity contribution in [2.45, 2.75) is 39.2 Å². The molecule has 3 atom stereocenters. The van der Waals surface area contributed by atoms with E-state index in [9.17, 15) is 9.59 Å². The first-order valence-corrected chi connectivity index (χ1v) is 8.49. The normalized spacial score (nSPS) is 27.6. The average molecular weight is 307 g/mol. The van der Waals surface area contributed by atoms with Crippen molar-refractivity contribution in [3.8, 4) is 0 Å². The molecule has 2 aliphatic rings. The summed E-state index contributed by atoms with van der Waals surface area (Å²) >= 11 is 0. The zero-order chi connectivity index (χ0) is 16.1. The molecule has 0 aromatic heterocycles. The Morgan fingerprint density at radius 3 is 2.13 bits per heavy atom. The Bertz CT molecular complexity index is 760. The van der Waals surface area contributed by atoms with Crippen LogP contribution in [0.3, 0.4) is 0 Å². The van der Waals surface area contributed by atoms with Crippen molar-refractivity contribution in [3.05, 3.63) is 47.5 Å². The molecule has 0 saturated heterocycles. The molecular formula is C20H21NO2. The van der Waals surface area contributed by atoms with E-state index in [-0.39, 0.29) is 17.9 Å². The van der Waals surface area contributed by atoms with Gasteiger partial charge < -0.3 is 0 Å². The van der Waals surface area contributed by atoms with Crippen molar-refractivity contribution in [1.29, 1.82) is 0 Å². The number of rotatable bonds is 1. The first kappa shape index (κ1) is 14.4. The van der Waals surface area contributed by atoms with Crippen molar-refractivity contribution in [2.24, 2.45) is 11.8 Å². The van der Waals surface area contributed by atoms with Crippen LogP contribution in [0, 0.1) is 11.8 Å². The second-order valence-electron chi connectivity index (χ2n) is 7.02. The highest BCUT2D eigenvalue weighted by Gasteiger charge is 2.41. The van der Waals surface area contributed by atoms with Gasteiger partial charge in [0, 0.05) is 22.6 Å². The van der Waals surface area contributed by atoms with Gasteiger partial charge in [-0.15, -0.1) is 0 Å². The van der Waals surface area contributed by atoms with Crippen LogP contribution in [0.4, 0.5) is 0 Å². The molecule has 2 amide bonds. The Hall–Kier alpha value is -2.16. The van der Waals surface area contributed by atoms with E-state index >= 15 is 0 Å². The van der Waals surface area contributed by atoms with Gasteiger partial charge in [-0.3, -0.25) is 14.5 Å². The van der Waals surface area contributed by atoms with Gasteiger partial charge in [-0.25, -0.2) is 0 Å². The van der Waals surface area contributed by atoms with Gasteiger partial charge in [0.15, 0.2) is 0 Å². The van der Waals surface area contributed by atoms with Crippen molar-refractivity contribution in [3.63, 3.8) is 0 Å². The molecule has 0 bridgehead atoms. The van der Waals surface area contributed by atoms with Crippen LogP contribution >= 0.6 is 0 Å². The first-order valence-electron chi connectivity index (χ1n) is 8.49. The molecule has 0 N–H and O–H groups in total.